The monoisotopic (exact) mass is 177 g/mol. The summed E-state index contributed by atoms with van der Waals surface area (Å²) in [5.41, 5.74) is -0.528. The van der Waals surface area contributed by atoms with Gasteiger partial charge in [-0.3, -0.25) is 4.79 Å². The average Bonchev–Trinajstić information content (AvgIpc) is 2.55. The van der Waals surface area contributed by atoms with E-state index < -0.39 is 5.54 Å². The lowest BCUT2D eigenvalue weighted by atomic mass is 10.0. The van der Waals surface area contributed by atoms with Crippen LogP contribution in [-0.2, 0) is 4.79 Å². The molecular weight excluding hydrogens is 162 g/mol. The summed E-state index contributed by atoms with van der Waals surface area (Å²) < 4.78 is 0. The fourth-order valence-electron chi connectivity index (χ4n) is 1.28. The smallest absolute Gasteiger partial charge is 0.224 e. The Bertz CT molecular complexity index is 262. The molecule has 0 aromatic carbocycles. The Labute approximate surface area is 79.4 Å². The van der Waals surface area contributed by atoms with Crippen LogP contribution >= 0.6 is 0 Å². The van der Waals surface area contributed by atoms with Crippen LogP contribution in [0.25, 0.3) is 0 Å². The third-order valence-corrected chi connectivity index (χ3v) is 2.18. The van der Waals surface area contributed by atoms with E-state index in [4.69, 9.17) is 6.42 Å². The van der Waals surface area contributed by atoms with Gasteiger partial charge in [-0.15, -0.1) is 6.42 Å². The van der Waals surface area contributed by atoms with Crippen LogP contribution in [0.3, 0.4) is 0 Å². The molecule has 13 heavy (non-hydrogen) atoms. The minimum atomic E-state index is -0.528. The van der Waals surface area contributed by atoms with E-state index in [1.54, 1.807) is 0 Å². The van der Waals surface area contributed by atoms with Gasteiger partial charge in [-0.25, -0.2) is 0 Å². The first-order valence-electron chi connectivity index (χ1n) is 4.50. The average molecular weight is 177 g/mol. The zero-order valence-electron chi connectivity index (χ0n) is 8.13. The maximum absolute atomic E-state index is 11.6. The second kappa shape index (κ2) is 3.66. The number of allylic oxidation sites excluding steroid dienone is 2. The maximum atomic E-state index is 11.6. The normalized spacial score (nSPS) is 17.0. The van der Waals surface area contributed by atoms with E-state index in [9.17, 15) is 4.79 Å². The summed E-state index contributed by atoms with van der Waals surface area (Å²) in [6, 6.07) is 0. The first-order valence-corrected chi connectivity index (χ1v) is 4.50. The molecule has 1 aliphatic carbocycles. The molecule has 1 amide bonds. The van der Waals surface area contributed by atoms with Crippen molar-refractivity contribution in [1.29, 1.82) is 0 Å². The number of hydrogen-bond acceptors (Lipinski definition) is 1. The van der Waals surface area contributed by atoms with Crippen molar-refractivity contribution in [3.63, 3.8) is 0 Å². The Morgan fingerprint density at radius 2 is 2.08 bits per heavy atom. The molecule has 0 saturated carbocycles. The summed E-state index contributed by atoms with van der Waals surface area (Å²) in [5, 5.41) is 2.83. The summed E-state index contributed by atoms with van der Waals surface area (Å²) in [5.74, 6) is 2.70. The topological polar surface area (TPSA) is 29.1 Å². The molecule has 0 fully saturated rings. The molecule has 0 spiro atoms. The summed E-state index contributed by atoms with van der Waals surface area (Å²) >= 11 is 0. The van der Waals surface area contributed by atoms with E-state index in [0.717, 1.165) is 12.8 Å². The van der Waals surface area contributed by atoms with Crippen LogP contribution in [0.4, 0.5) is 0 Å². The standard InChI is InChI=1S/C11H15NO/c1-4-11(2,3)12-10(13)9-7-5-6-8-9/h1,5-6,9H,7-8H2,2-3H3,(H,12,13). The number of terminal acetylenes is 1. The molecule has 0 heterocycles. The van der Waals surface area contributed by atoms with Crippen LogP contribution in [0.15, 0.2) is 12.2 Å². The van der Waals surface area contributed by atoms with Crippen molar-refractivity contribution in [2.45, 2.75) is 32.2 Å². The van der Waals surface area contributed by atoms with Gasteiger partial charge in [-0.2, -0.15) is 0 Å². The maximum Gasteiger partial charge on any atom is 0.224 e. The number of rotatable bonds is 2. The van der Waals surface area contributed by atoms with Crippen molar-refractivity contribution in [2.75, 3.05) is 0 Å². The predicted molar refractivity (Wildman–Crippen MR) is 52.9 cm³/mol. The highest BCUT2D eigenvalue weighted by Crippen LogP contribution is 2.18. The Hall–Kier alpha value is -1.23. The molecule has 1 rings (SSSR count). The third-order valence-electron chi connectivity index (χ3n) is 2.18. The molecule has 0 aliphatic heterocycles. The molecule has 0 bridgehead atoms. The highest BCUT2D eigenvalue weighted by Gasteiger charge is 2.24. The lowest BCUT2D eigenvalue weighted by Gasteiger charge is -2.21. The van der Waals surface area contributed by atoms with Crippen LogP contribution in [0.2, 0.25) is 0 Å². The third kappa shape index (κ3) is 2.62. The van der Waals surface area contributed by atoms with Gasteiger partial charge in [0.05, 0.1) is 5.54 Å². The van der Waals surface area contributed by atoms with E-state index in [1.807, 2.05) is 26.0 Å². The molecular formula is C11H15NO. The van der Waals surface area contributed by atoms with Gasteiger partial charge in [-0.1, -0.05) is 18.1 Å². The molecule has 2 nitrogen and oxygen atoms in total. The quantitative estimate of drug-likeness (QED) is 0.502. The highest BCUT2D eigenvalue weighted by molar-refractivity contribution is 5.80. The highest BCUT2D eigenvalue weighted by atomic mass is 16.2. The number of hydrogen-bond donors (Lipinski definition) is 1. The number of carbonyl (C=O) groups excluding carboxylic acids is 1. The molecule has 0 atom stereocenters. The lowest BCUT2D eigenvalue weighted by Crippen LogP contribution is -2.44. The molecule has 0 radical (unpaired) electrons. The van der Waals surface area contributed by atoms with Gasteiger partial charge < -0.3 is 5.32 Å². The van der Waals surface area contributed by atoms with Crippen LogP contribution in [0.1, 0.15) is 26.7 Å². The SMILES string of the molecule is C#CC(C)(C)NC(=O)C1CC=CC1. The molecule has 70 valence electrons. The summed E-state index contributed by atoms with van der Waals surface area (Å²) in [6.45, 7) is 3.65. The summed E-state index contributed by atoms with van der Waals surface area (Å²) in [7, 11) is 0. The van der Waals surface area contributed by atoms with Gasteiger partial charge in [0.1, 0.15) is 0 Å². The molecule has 1 aliphatic rings. The summed E-state index contributed by atoms with van der Waals surface area (Å²) in [4.78, 5) is 11.6. The van der Waals surface area contributed by atoms with Gasteiger partial charge >= 0.3 is 0 Å². The van der Waals surface area contributed by atoms with E-state index >= 15 is 0 Å². The minimum absolute atomic E-state index is 0.0629. The van der Waals surface area contributed by atoms with E-state index in [1.165, 1.54) is 0 Å². The Morgan fingerprint density at radius 1 is 1.54 bits per heavy atom. The fraction of sp³-hybridized carbons (Fsp3) is 0.545. The van der Waals surface area contributed by atoms with E-state index in [-0.39, 0.29) is 11.8 Å². The Morgan fingerprint density at radius 3 is 2.54 bits per heavy atom. The molecule has 0 unspecified atom stereocenters. The van der Waals surface area contributed by atoms with Gasteiger partial charge in [0, 0.05) is 5.92 Å². The van der Waals surface area contributed by atoms with E-state index in [2.05, 4.69) is 11.2 Å². The molecule has 0 aromatic rings. The van der Waals surface area contributed by atoms with Crippen molar-refractivity contribution < 1.29 is 4.79 Å². The largest absolute Gasteiger partial charge is 0.340 e. The number of amides is 1. The molecule has 2 heteroatoms. The van der Waals surface area contributed by atoms with Gasteiger partial charge in [0.25, 0.3) is 0 Å². The second-order valence-corrected chi connectivity index (χ2v) is 3.90. The van der Waals surface area contributed by atoms with E-state index in [0.29, 0.717) is 0 Å². The first kappa shape index (κ1) is 9.85. The first-order chi connectivity index (χ1) is 6.05. The van der Waals surface area contributed by atoms with Crippen LogP contribution in [0.5, 0.6) is 0 Å². The van der Waals surface area contributed by atoms with Crippen molar-refractivity contribution >= 4 is 5.91 Å². The summed E-state index contributed by atoms with van der Waals surface area (Å²) in [6.07, 6.45) is 11.0. The van der Waals surface area contributed by atoms with Crippen molar-refractivity contribution in [3.05, 3.63) is 12.2 Å². The van der Waals surface area contributed by atoms with Crippen molar-refractivity contribution in [2.24, 2.45) is 5.92 Å². The molecule has 1 N–H and O–H groups in total. The van der Waals surface area contributed by atoms with Crippen LogP contribution in [0, 0.1) is 18.3 Å². The van der Waals surface area contributed by atoms with Crippen molar-refractivity contribution in [3.8, 4) is 12.3 Å². The predicted octanol–water partition coefficient (Wildman–Crippen LogP) is 1.48. The Balaban J connectivity index is 2.47. The lowest BCUT2D eigenvalue weighted by molar-refractivity contribution is -0.125. The second-order valence-electron chi connectivity index (χ2n) is 3.90. The fourth-order valence-corrected chi connectivity index (χ4v) is 1.28. The number of carbonyl (C=O) groups is 1. The van der Waals surface area contributed by atoms with Crippen molar-refractivity contribution in [1.82, 2.24) is 5.32 Å². The van der Waals surface area contributed by atoms with Crippen LogP contribution < -0.4 is 5.32 Å². The zero-order valence-corrected chi connectivity index (χ0v) is 8.13. The molecule has 0 saturated heterocycles. The van der Waals surface area contributed by atoms with Crippen LogP contribution in [-0.4, -0.2) is 11.4 Å². The van der Waals surface area contributed by atoms with Gasteiger partial charge in [0.15, 0.2) is 0 Å². The van der Waals surface area contributed by atoms with Gasteiger partial charge in [-0.05, 0) is 26.7 Å². The Kier molecular flexibility index (Phi) is 2.77. The van der Waals surface area contributed by atoms with Gasteiger partial charge in [0.2, 0.25) is 5.91 Å². The molecule has 0 aromatic heterocycles. The minimum Gasteiger partial charge on any atom is -0.340 e. The zero-order chi connectivity index (χ0) is 9.90. The number of nitrogens with one attached hydrogen (secondary N) is 1.